The van der Waals surface area contributed by atoms with E-state index in [1.807, 2.05) is 12.1 Å². The number of nitrogens with zero attached hydrogens (tertiary/aromatic N) is 6. The van der Waals surface area contributed by atoms with Crippen LogP contribution in [0.5, 0.6) is 0 Å². The zero-order chi connectivity index (χ0) is 16.5. The van der Waals surface area contributed by atoms with Gasteiger partial charge in [0.25, 0.3) is 5.69 Å². The van der Waals surface area contributed by atoms with Crippen molar-refractivity contribution in [2.45, 2.75) is 19.3 Å². The smallest absolute Gasteiger partial charge is 0.280 e. The maximum atomic E-state index is 11.3. The van der Waals surface area contributed by atoms with E-state index in [4.69, 9.17) is 0 Å². The lowest BCUT2D eigenvalue weighted by Crippen LogP contribution is -2.30. The first-order valence-corrected chi connectivity index (χ1v) is 7.95. The Morgan fingerprint density at radius 2 is 1.79 bits per heavy atom. The van der Waals surface area contributed by atoms with Crippen molar-refractivity contribution in [1.29, 1.82) is 0 Å². The first-order valence-electron chi connectivity index (χ1n) is 7.95. The highest BCUT2D eigenvalue weighted by molar-refractivity contribution is 5.69. The molecule has 0 bridgehead atoms. The lowest BCUT2D eigenvalue weighted by atomic mass is 10.1. The Bertz CT molecular complexity index is 900. The molecule has 1 saturated heterocycles. The summed E-state index contributed by atoms with van der Waals surface area (Å²) < 4.78 is 1.59. The van der Waals surface area contributed by atoms with Crippen LogP contribution < -0.4 is 4.90 Å². The van der Waals surface area contributed by atoms with Crippen molar-refractivity contribution in [2.75, 3.05) is 18.0 Å². The quantitative estimate of drug-likeness (QED) is 0.543. The lowest BCUT2D eigenvalue weighted by Gasteiger charge is -2.27. The highest BCUT2D eigenvalue weighted by Crippen LogP contribution is 2.28. The number of nitro benzene ring substituents is 1. The van der Waals surface area contributed by atoms with E-state index in [1.54, 1.807) is 22.7 Å². The molecule has 3 heterocycles. The topological polar surface area (TPSA) is 89.5 Å². The SMILES string of the molecule is O=[N+]([O-])c1ccccc1-c1nnc2ccc(N3CCCCC3)nn12. The summed E-state index contributed by atoms with van der Waals surface area (Å²) in [4.78, 5) is 13.1. The Morgan fingerprint density at radius 1 is 1.00 bits per heavy atom. The molecule has 0 aliphatic carbocycles. The molecule has 1 aliphatic heterocycles. The summed E-state index contributed by atoms with van der Waals surface area (Å²) in [5.74, 6) is 1.23. The lowest BCUT2D eigenvalue weighted by molar-refractivity contribution is -0.384. The largest absolute Gasteiger partial charge is 0.355 e. The van der Waals surface area contributed by atoms with Gasteiger partial charge >= 0.3 is 0 Å². The summed E-state index contributed by atoms with van der Waals surface area (Å²) in [7, 11) is 0. The van der Waals surface area contributed by atoms with E-state index >= 15 is 0 Å². The fourth-order valence-electron chi connectivity index (χ4n) is 3.06. The van der Waals surface area contributed by atoms with Crippen LogP contribution in [0.25, 0.3) is 17.0 Å². The number of rotatable bonds is 3. The van der Waals surface area contributed by atoms with E-state index in [1.165, 1.54) is 12.5 Å². The predicted molar refractivity (Wildman–Crippen MR) is 88.9 cm³/mol. The molecule has 1 aromatic carbocycles. The molecule has 1 aliphatic rings. The maximum absolute atomic E-state index is 11.3. The number of piperidine rings is 1. The minimum absolute atomic E-state index is 0.00280. The number of hydrogen-bond donors (Lipinski definition) is 0. The number of para-hydroxylation sites is 1. The second kappa shape index (κ2) is 5.88. The monoisotopic (exact) mass is 324 g/mol. The Balaban J connectivity index is 1.83. The van der Waals surface area contributed by atoms with Gasteiger partial charge in [0.2, 0.25) is 0 Å². The van der Waals surface area contributed by atoms with Crippen LogP contribution in [0, 0.1) is 10.1 Å². The molecular weight excluding hydrogens is 308 g/mol. The van der Waals surface area contributed by atoms with Crippen LogP contribution in [-0.4, -0.2) is 37.8 Å². The van der Waals surface area contributed by atoms with Crippen LogP contribution in [0.2, 0.25) is 0 Å². The van der Waals surface area contributed by atoms with Crippen LogP contribution in [-0.2, 0) is 0 Å². The van der Waals surface area contributed by atoms with Gasteiger partial charge < -0.3 is 4.90 Å². The van der Waals surface area contributed by atoms with E-state index < -0.39 is 4.92 Å². The fourth-order valence-corrected chi connectivity index (χ4v) is 3.06. The molecule has 122 valence electrons. The predicted octanol–water partition coefficient (Wildman–Crippen LogP) is 2.69. The fraction of sp³-hybridized carbons (Fsp3) is 0.312. The zero-order valence-corrected chi connectivity index (χ0v) is 13.0. The number of benzene rings is 1. The summed E-state index contributed by atoms with van der Waals surface area (Å²) >= 11 is 0. The van der Waals surface area contributed by atoms with Crippen LogP contribution in [0.3, 0.4) is 0 Å². The van der Waals surface area contributed by atoms with Gasteiger partial charge in [-0.25, -0.2) is 0 Å². The van der Waals surface area contributed by atoms with Crippen molar-refractivity contribution in [3.8, 4) is 11.4 Å². The first-order chi connectivity index (χ1) is 11.7. The third-order valence-corrected chi connectivity index (χ3v) is 4.27. The summed E-state index contributed by atoms with van der Waals surface area (Å²) in [6, 6.07) is 10.3. The molecule has 0 radical (unpaired) electrons. The number of fused-ring (bicyclic) bond motifs is 1. The minimum Gasteiger partial charge on any atom is -0.355 e. The molecule has 4 rings (SSSR count). The number of nitro groups is 1. The third kappa shape index (κ3) is 2.45. The molecule has 1 fully saturated rings. The zero-order valence-electron chi connectivity index (χ0n) is 13.0. The van der Waals surface area contributed by atoms with Gasteiger partial charge in [0.1, 0.15) is 5.82 Å². The molecule has 0 atom stereocenters. The van der Waals surface area contributed by atoms with Gasteiger partial charge in [0.15, 0.2) is 11.5 Å². The molecule has 0 unspecified atom stereocenters. The van der Waals surface area contributed by atoms with Crippen LogP contribution >= 0.6 is 0 Å². The van der Waals surface area contributed by atoms with Gasteiger partial charge in [0.05, 0.1) is 10.5 Å². The average Bonchev–Trinajstić information content (AvgIpc) is 3.05. The Morgan fingerprint density at radius 3 is 2.58 bits per heavy atom. The van der Waals surface area contributed by atoms with Crippen molar-refractivity contribution < 1.29 is 4.92 Å². The van der Waals surface area contributed by atoms with Crippen LogP contribution in [0.1, 0.15) is 19.3 Å². The first kappa shape index (κ1) is 14.6. The third-order valence-electron chi connectivity index (χ3n) is 4.27. The molecule has 8 heteroatoms. The highest BCUT2D eigenvalue weighted by Gasteiger charge is 2.21. The maximum Gasteiger partial charge on any atom is 0.280 e. The molecule has 24 heavy (non-hydrogen) atoms. The van der Waals surface area contributed by atoms with Gasteiger partial charge in [-0.15, -0.1) is 15.3 Å². The Labute approximate surface area is 137 Å². The van der Waals surface area contributed by atoms with E-state index in [-0.39, 0.29) is 5.69 Å². The van der Waals surface area contributed by atoms with Crippen molar-refractivity contribution in [2.24, 2.45) is 0 Å². The molecule has 8 nitrogen and oxygen atoms in total. The normalized spacial score (nSPS) is 14.9. The molecular formula is C16H16N6O2. The van der Waals surface area contributed by atoms with Gasteiger partial charge in [-0.2, -0.15) is 4.52 Å². The van der Waals surface area contributed by atoms with E-state index in [9.17, 15) is 10.1 Å². The highest BCUT2D eigenvalue weighted by atomic mass is 16.6. The van der Waals surface area contributed by atoms with E-state index in [0.717, 1.165) is 31.7 Å². The van der Waals surface area contributed by atoms with E-state index in [0.29, 0.717) is 17.0 Å². The van der Waals surface area contributed by atoms with Gasteiger partial charge in [-0.1, -0.05) is 12.1 Å². The Hall–Kier alpha value is -3.03. The van der Waals surface area contributed by atoms with Crippen LogP contribution in [0.4, 0.5) is 11.5 Å². The summed E-state index contributed by atoms with van der Waals surface area (Å²) in [6.45, 7) is 1.95. The van der Waals surface area contributed by atoms with Crippen LogP contribution in [0.15, 0.2) is 36.4 Å². The van der Waals surface area contributed by atoms with Gasteiger partial charge in [0, 0.05) is 19.2 Å². The number of anilines is 1. The molecule has 0 N–H and O–H groups in total. The van der Waals surface area contributed by atoms with Crippen molar-refractivity contribution in [3.05, 3.63) is 46.5 Å². The average molecular weight is 324 g/mol. The van der Waals surface area contributed by atoms with Gasteiger partial charge in [-0.3, -0.25) is 10.1 Å². The minimum atomic E-state index is -0.412. The number of hydrogen-bond acceptors (Lipinski definition) is 6. The van der Waals surface area contributed by atoms with Crippen molar-refractivity contribution in [3.63, 3.8) is 0 Å². The standard InChI is InChI=1S/C16H16N6O2/c23-22(24)13-7-3-2-6-12(13)16-18-17-14-8-9-15(19-21(14)16)20-10-4-1-5-11-20/h2-3,6-9H,1,4-5,10-11H2. The van der Waals surface area contributed by atoms with E-state index in [2.05, 4.69) is 20.2 Å². The summed E-state index contributed by atoms with van der Waals surface area (Å²) in [6.07, 6.45) is 3.55. The molecule has 2 aromatic heterocycles. The van der Waals surface area contributed by atoms with Crippen molar-refractivity contribution in [1.82, 2.24) is 19.8 Å². The summed E-state index contributed by atoms with van der Waals surface area (Å²) in [5.41, 5.74) is 0.985. The molecule has 3 aromatic rings. The molecule has 0 spiro atoms. The Kier molecular flexibility index (Phi) is 3.56. The second-order valence-corrected chi connectivity index (χ2v) is 5.81. The van der Waals surface area contributed by atoms with Crippen molar-refractivity contribution >= 4 is 17.2 Å². The molecule has 0 amide bonds. The number of aromatic nitrogens is 4. The van der Waals surface area contributed by atoms with Gasteiger partial charge in [-0.05, 0) is 37.5 Å². The summed E-state index contributed by atoms with van der Waals surface area (Å²) in [5, 5.41) is 24.1. The molecule has 0 saturated carbocycles. The second-order valence-electron chi connectivity index (χ2n) is 5.81.